The Hall–Kier alpha value is -8.20. The zero-order chi connectivity index (χ0) is 60.7. The fourth-order valence-corrected chi connectivity index (χ4v) is 11.0. The molecule has 0 saturated carbocycles. The van der Waals surface area contributed by atoms with Crippen molar-refractivity contribution < 1.29 is 73.2 Å². The van der Waals surface area contributed by atoms with Crippen LogP contribution in [0, 0.1) is 37.1 Å². The molecule has 16 nitrogen and oxygen atoms in total. The Morgan fingerprint density at radius 3 is 1.18 bits per heavy atom. The number of ether oxygens (including phenoxy) is 2. The lowest BCUT2D eigenvalue weighted by atomic mass is 10.0. The van der Waals surface area contributed by atoms with Crippen molar-refractivity contribution in [3.8, 4) is 34.0 Å². The van der Waals surface area contributed by atoms with Gasteiger partial charge in [-0.05, 0) is 112 Å². The molecule has 2 N–H and O–H groups in total. The Labute approximate surface area is 474 Å². The molecule has 0 radical (unpaired) electrons. The molecule has 0 spiro atoms. The molecule has 0 bridgehead atoms. The number of halogens is 10. The molecule has 2 aliphatic rings. The summed E-state index contributed by atoms with van der Waals surface area (Å²) in [5.74, 6) is -3.15. The van der Waals surface area contributed by atoms with Gasteiger partial charge in [-0.2, -0.15) is 36.5 Å². The molecule has 2 saturated heterocycles. The summed E-state index contributed by atoms with van der Waals surface area (Å²) in [6, 6.07) is 16.5. The van der Waals surface area contributed by atoms with Crippen molar-refractivity contribution in [3.05, 3.63) is 165 Å². The van der Waals surface area contributed by atoms with E-state index < -0.39 is 96.2 Å². The number of carbonyl (C=O) groups is 2. The predicted octanol–water partition coefficient (Wildman–Crippen LogP) is 9.78. The average Bonchev–Trinajstić information content (AvgIpc) is 2.32. The summed E-state index contributed by atoms with van der Waals surface area (Å²) in [5.41, 5.74) is -1.58. The second-order valence-corrected chi connectivity index (χ2v) is 20.4. The van der Waals surface area contributed by atoms with Gasteiger partial charge in [0.05, 0.1) is 63.3 Å². The molecule has 8 aromatic rings. The normalized spacial score (nSPS) is 17.1. The van der Waals surface area contributed by atoms with Gasteiger partial charge in [0, 0.05) is 85.7 Å². The SMILES string of the molecule is COc1ccc(-c2nc3c(C(=O)N4CCN([C@@H](CO)c5cc(F)cc(F)c5)C[C@H]4C)cnn3c(C(F)(F)F)c2C)cc1.COc1ccc(-c2nc3c(C(=O)N4CCN([C@H](CO)c5cc(F)cc(F)c5)C[C@H]4C)cnn3c(C(F)(F)F)c2C)cc1. The molecule has 0 aliphatic carbocycles. The van der Waals surface area contributed by atoms with Crippen LogP contribution in [0.3, 0.4) is 0 Å². The highest BCUT2D eigenvalue weighted by molar-refractivity contribution is 6.01. The molecule has 4 atom stereocenters. The zero-order valence-electron chi connectivity index (χ0n) is 46.0. The largest absolute Gasteiger partial charge is 0.497 e. The number of aliphatic hydroxyl groups is 2. The number of piperazine rings is 2. The topological polar surface area (TPSA) is 166 Å². The highest BCUT2D eigenvalue weighted by Gasteiger charge is 2.42. The Bertz CT molecular complexity index is 3450. The lowest BCUT2D eigenvalue weighted by molar-refractivity contribution is -0.144. The summed E-state index contributed by atoms with van der Waals surface area (Å²) < 4.78 is 153. The van der Waals surface area contributed by atoms with Crippen LogP contribution in [0.4, 0.5) is 43.9 Å². The summed E-state index contributed by atoms with van der Waals surface area (Å²) in [5, 5.41) is 27.9. The van der Waals surface area contributed by atoms with E-state index in [-0.39, 0.29) is 95.3 Å². The van der Waals surface area contributed by atoms with Crippen molar-refractivity contribution >= 4 is 23.1 Å². The van der Waals surface area contributed by atoms with Crippen molar-refractivity contribution in [1.82, 2.24) is 48.8 Å². The van der Waals surface area contributed by atoms with Crippen LogP contribution in [0.1, 0.15) is 80.3 Å². The molecular formula is C58H56F10N10O6. The van der Waals surface area contributed by atoms with Gasteiger partial charge in [-0.1, -0.05) is 0 Å². The van der Waals surface area contributed by atoms with Crippen LogP contribution in [0.2, 0.25) is 0 Å². The van der Waals surface area contributed by atoms with Crippen LogP contribution in [-0.2, 0) is 12.4 Å². The number of hydrogen-bond acceptors (Lipinski definition) is 12. The molecule has 0 unspecified atom stereocenters. The number of benzene rings is 4. The minimum absolute atomic E-state index is 0.0537. The van der Waals surface area contributed by atoms with E-state index in [1.807, 2.05) is 9.80 Å². The first-order chi connectivity index (χ1) is 39.8. The van der Waals surface area contributed by atoms with E-state index in [9.17, 15) is 63.7 Å². The van der Waals surface area contributed by atoms with Crippen molar-refractivity contribution in [2.75, 3.05) is 66.7 Å². The fraction of sp³-hybridized carbons (Fsp3) is 0.345. The quantitative estimate of drug-likeness (QED) is 0.111. The standard InChI is InChI=1S/2C29H28F5N5O3/c2*1-16-14-37(24(15-40)19-10-20(30)12-21(31)11-19)8-9-38(16)28(41)23-13-35-39-26(29(32,33)34)17(2)25(36-27(23)39)18-4-6-22(42-3)7-5-18/h2*4-7,10-13,16,24,40H,8-9,14-15H2,1-3H3/t16-,24+;16-,24-/m11/s1. The van der Waals surface area contributed by atoms with Gasteiger partial charge in [0.2, 0.25) is 0 Å². The minimum Gasteiger partial charge on any atom is -0.497 e. The van der Waals surface area contributed by atoms with Gasteiger partial charge in [0.15, 0.2) is 22.7 Å². The molecule has 84 heavy (non-hydrogen) atoms. The van der Waals surface area contributed by atoms with Crippen molar-refractivity contribution in [2.45, 2.75) is 64.2 Å². The third-order valence-corrected chi connectivity index (χ3v) is 15.1. The minimum atomic E-state index is -4.78. The number of alkyl halides is 6. The van der Waals surface area contributed by atoms with Crippen LogP contribution in [0.5, 0.6) is 11.5 Å². The summed E-state index contributed by atoms with van der Waals surface area (Å²) in [6.45, 7) is 6.57. The van der Waals surface area contributed by atoms with Gasteiger partial charge in [0.25, 0.3) is 11.8 Å². The monoisotopic (exact) mass is 1180 g/mol. The Morgan fingerprint density at radius 2 is 0.893 bits per heavy atom. The third kappa shape index (κ3) is 12.1. The predicted molar refractivity (Wildman–Crippen MR) is 286 cm³/mol. The Morgan fingerprint density at radius 1 is 0.560 bits per heavy atom. The number of nitrogens with zero attached hydrogens (tertiary/aromatic N) is 10. The lowest BCUT2D eigenvalue weighted by Gasteiger charge is -2.43. The highest BCUT2D eigenvalue weighted by atomic mass is 19.4. The van der Waals surface area contributed by atoms with E-state index in [1.54, 1.807) is 62.4 Å². The van der Waals surface area contributed by atoms with Gasteiger partial charge in [0.1, 0.15) is 45.9 Å². The van der Waals surface area contributed by atoms with E-state index in [4.69, 9.17) is 9.47 Å². The maximum absolute atomic E-state index is 14.3. The molecule has 4 aromatic carbocycles. The number of methoxy groups -OCH3 is 2. The second kappa shape index (κ2) is 24.2. The van der Waals surface area contributed by atoms with Gasteiger partial charge in [-0.15, -0.1) is 0 Å². The van der Waals surface area contributed by atoms with Crippen LogP contribution >= 0.6 is 0 Å². The first-order valence-corrected chi connectivity index (χ1v) is 26.3. The second-order valence-electron chi connectivity index (χ2n) is 20.4. The molecule has 2 aliphatic heterocycles. The molecule has 4 aromatic heterocycles. The molecule has 444 valence electrons. The number of hydrogen-bond donors (Lipinski definition) is 2. The van der Waals surface area contributed by atoms with Crippen LogP contribution in [-0.4, -0.2) is 150 Å². The van der Waals surface area contributed by atoms with Gasteiger partial charge in [-0.3, -0.25) is 19.4 Å². The van der Waals surface area contributed by atoms with Crippen LogP contribution in [0.25, 0.3) is 33.8 Å². The third-order valence-electron chi connectivity index (χ3n) is 15.1. The summed E-state index contributed by atoms with van der Waals surface area (Å²) in [4.78, 5) is 43.1. The van der Waals surface area contributed by atoms with Gasteiger partial charge in [-0.25, -0.2) is 36.6 Å². The molecule has 26 heteroatoms. The number of amides is 2. The molecule has 10 rings (SSSR count). The first-order valence-electron chi connectivity index (χ1n) is 26.3. The Balaban J connectivity index is 0.000000202. The molecule has 6 heterocycles. The Kier molecular flexibility index (Phi) is 17.4. The highest BCUT2D eigenvalue weighted by Crippen LogP contribution is 2.40. The molecule has 2 amide bonds. The van der Waals surface area contributed by atoms with Crippen molar-refractivity contribution in [1.29, 1.82) is 0 Å². The van der Waals surface area contributed by atoms with Crippen LogP contribution in [0.15, 0.2) is 97.3 Å². The maximum atomic E-state index is 14.3. The average molecular weight is 1180 g/mol. The van der Waals surface area contributed by atoms with E-state index in [0.717, 1.165) is 48.8 Å². The lowest BCUT2D eigenvalue weighted by Crippen LogP contribution is -2.55. The van der Waals surface area contributed by atoms with E-state index >= 15 is 0 Å². The molecular weight excluding hydrogens is 1120 g/mol. The van der Waals surface area contributed by atoms with E-state index in [2.05, 4.69) is 20.2 Å². The maximum Gasteiger partial charge on any atom is 0.433 e. The number of aromatic nitrogens is 6. The van der Waals surface area contributed by atoms with Gasteiger partial charge < -0.3 is 29.5 Å². The van der Waals surface area contributed by atoms with E-state index in [1.165, 1.54) is 37.9 Å². The first kappa shape index (κ1) is 60.4. The van der Waals surface area contributed by atoms with Crippen molar-refractivity contribution in [2.24, 2.45) is 0 Å². The zero-order valence-corrected chi connectivity index (χ0v) is 46.0. The number of fused-ring (bicyclic) bond motifs is 2. The van der Waals surface area contributed by atoms with Gasteiger partial charge >= 0.3 is 12.4 Å². The summed E-state index contributed by atoms with van der Waals surface area (Å²) in [6.07, 6.45) is -7.40. The van der Waals surface area contributed by atoms with E-state index in [0.29, 0.717) is 31.7 Å². The number of carbonyl (C=O) groups excluding carboxylic acids is 2. The van der Waals surface area contributed by atoms with Crippen LogP contribution < -0.4 is 9.47 Å². The fourth-order valence-electron chi connectivity index (χ4n) is 11.0. The number of rotatable bonds is 12. The molecule has 2 fully saturated rings. The summed E-state index contributed by atoms with van der Waals surface area (Å²) >= 11 is 0. The summed E-state index contributed by atoms with van der Waals surface area (Å²) in [7, 11) is 2.95. The smallest absolute Gasteiger partial charge is 0.433 e. The van der Waals surface area contributed by atoms with Crippen molar-refractivity contribution in [3.63, 3.8) is 0 Å². The number of aliphatic hydroxyl groups excluding tert-OH is 2.